The number of nitrogens with zero attached hydrogens (tertiary/aromatic N) is 1. The van der Waals surface area contributed by atoms with E-state index in [-0.39, 0.29) is 22.7 Å². The van der Waals surface area contributed by atoms with Gasteiger partial charge in [0.2, 0.25) is 5.91 Å². The number of amides is 2. The number of nitrogens with one attached hydrogen (secondary N) is 3. The fourth-order valence-electron chi connectivity index (χ4n) is 3.20. The molecule has 2 amide bonds. The Morgan fingerprint density at radius 3 is 2.20 bits per heavy atom. The van der Waals surface area contributed by atoms with Crippen molar-refractivity contribution in [2.75, 3.05) is 5.32 Å². The zero-order valence-electron chi connectivity index (χ0n) is 19.6. The van der Waals surface area contributed by atoms with Crippen molar-refractivity contribution in [3.8, 4) is 0 Å². The van der Waals surface area contributed by atoms with Gasteiger partial charge in [-0.2, -0.15) is 0 Å². The molecule has 0 bridgehead atoms. The van der Waals surface area contributed by atoms with Gasteiger partial charge in [0.15, 0.2) is 5.03 Å². The van der Waals surface area contributed by atoms with Crippen LogP contribution in [0.15, 0.2) is 78.0 Å². The predicted molar refractivity (Wildman–Crippen MR) is 131 cm³/mol. The number of sulfonamides is 1. The third-order valence-electron chi connectivity index (χ3n) is 4.73. The second-order valence-corrected chi connectivity index (χ2v) is 10.6. The molecule has 0 saturated heterocycles. The molecular weight excluding hydrogens is 471 g/mol. The normalized spacial score (nSPS) is 12.6. The summed E-state index contributed by atoms with van der Waals surface area (Å²) in [6.45, 7) is 5.14. The van der Waals surface area contributed by atoms with Crippen molar-refractivity contribution in [1.29, 1.82) is 0 Å². The highest BCUT2D eigenvalue weighted by atomic mass is 32.2. The highest BCUT2D eigenvalue weighted by Gasteiger charge is 2.25. The van der Waals surface area contributed by atoms with E-state index in [9.17, 15) is 22.4 Å². The number of anilines is 1. The molecule has 1 unspecified atom stereocenters. The summed E-state index contributed by atoms with van der Waals surface area (Å²) in [6, 6.07) is 15.9. The van der Waals surface area contributed by atoms with E-state index in [2.05, 4.69) is 20.3 Å². The number of aromatic nitrogens is 1. The Morgan fingerprint density at radius 2 is 1.63 bits per heavy atom. The average molecular weight is 499 g/mol. The maximum Gasteiger partial charge on any atom is 0.258 e. The fraction of sp³-hybridized carbons (Fsp3) is 0.240. The highest BCUT2D eigenvalue weighted by Crippen LogP contribution is 2.15. The first-order valence-corrected chi connectivity index (χ1v) is 12.3. The standard InChI is InChI=1S/C25H27FN4O4S/c1-25(2,3)30-35(33,34)22-14-13-20(16-27-22)28-24(32)21(15-17-7-5-4-6-8-17)29-23(31)18-9-11-19(26)12-10-18/h4-14,16,21,30H,15H2,1-3H3,(H,28,32)(H,29,31). The van der Waals surface area contributed by atoms with Gasteiger partial charge in [0.05, 0.1) is 11.9 Å². The van der Waals surface area contributed by atoms with Crippen molar-refractivity contribution in [2.24, 2.45) is 0 Å². The molecule has 0 aliphatic carbocycles. The van der Waals surface area contributed by atoms with Crippen molar-refractivity contribution in [2.45, 2.75) is 43.8 Å². The van der Waals surface area contributed by atoms with Gasteiger partial charge in [-0.05, 0) is 62.7 Å². The molecule has 0 aliphatic heterocycles. The van der Waals surface area contributed by atoms with Crippen molar-refractivity contribution in [3.05, 3.63) is 89.9 Å². The Bertz CT molecular complexity index is 1270. The van der Waals surface area contributed by atoms with Crippen LogP contribution >= 0.6 is 0 Å². The van der Waals surface area contributed by atoms with E-state index in [1.165, 1.54) is 30.5 Å². The van der Waals surface area contributed by atoms with E-state index in [4.69, 9.17) is 0 Å². The van der Waals surface area contributed by atoms with Gasteiger partial charge >= 0.3 is 0 Å². The molecule has 2 aromatic carbocycles. The van der Waals surface area contributed by atoms with Gasteiger partial charge in [0, 0.05) is 17.5 Å². The van der Waals surface area contributed by atoms with Crippen LogP contribution in [-0.2, 0) is 21.2 Å². The van der Waals surface area contributed by atoms with E-state index in [1.807, 2.05) is 30.3 Å². The molecule has 3 aromatic rings. The van der Waals surface area contributed by atoms with Crippen LogP contribution in [0, 0.1) is 5.82 Å². The molecule has 35 heavy (non-hydrogen) atoms. The summed E-state index contributed by atoms with van der Waals surface area (Å²) >= 11 is 0. The second kappa shape index (κ2) is 10.7. The van der Waals surface area contributed by atoms with Crippen LogP contribution in [0.2, 0.25) is 0 Å². The molecular formula is C25H27FN4O4S. The maximum atomic E-state index is 13.2. The summed E-state index contributed by atoms with van der Waals surface area (Å²) in [5, 5.41) is 5.16. The van der Waals surface area contributed by atoms with E-state index in [1.54, 1.807) is 20.8 Å². The van der Waals surface area contributed by atoms with Crippen LogP contribution in [0.5, 0.6) is 0 Å². The molecule has 8 nitrogen and oxygen atoms in total. The lowest BCUT2D eigenvalue weighted by Gasteiger charge is -2.20. The quantitative estimate of drug-likeness (QED) is 0.441. The summed E-state index contributed by atoms with van der Waals surface area (Å²) in [7, 11) is -3.83. The summed E-state index contributed by atoms with van der Waals surface area (Å²) < 4.78 is 40.6. The molecule has 3 N–H and O–H groups in total. The monoisotopic (exact) mass is 498 g/mol. The van der Waals surface area contributed by atoms with Gasteiger partial charge in [0.1, 0.15) is 11.9 Å². The van der Waals surface area contributed by atoms with Crippen molar-refractivity contribution < 1.29 is 22.4 Å². The molecule has 1 aromatic heterocycles. The minimum Gasteiger partial charge on any atom is -0.340 e. The first kappa shape index (κ1) is 26.0. The lowest BCUT2D eigenvalue weighted by Crippen LogP contribution is -2.45. The molecule has 3 rings (SSSR count). The van der Waals surface area contributed by atoms with Gasteiger partial charge in [0.25, 0.3) is 15.9 Å². The zero-order chi connectivity index (χ0) is 25.6. The number of carbonyl (C=O) groups excluding carboxylic acids is 2. The van der Waals surface area contributed by atoms with Crippen molar-refractivity contribution >= 4 is 27.5 Å². The Hall–Kier alpha value is -3.63. The van der Waals surface area contributed by atoms with E-state index in [0.717, 1.165) is 17.7 Å². The molecule has 1 atom stereocenters. The summed E-state index contributed by atoms with van der Waals surface area (Å²) in [6.07, 6.45) is 1.44. The number of hydrogen-bond acceptors (Lipinski definition) is 5. The van der Waals surface area contributed by atoms with Crippen LogP contribution in [0.4, 0.5) is 10.1 Å². The first-order valence-electron chi connectivity index (χ1n) is 10.8. The third-order valence-corrected chi connectivity index (χ3v) is 6.40. The topological polar surface area (TPSA) is 117 Å². The largest absolute Gasteiger partial charge is 0.340 e. The van der Waals surface area contributed by atoms with Crippen LogP contribution in [0.25, 0.3) is 0 Å². The second-order valence-electron chi connectivity index (χ2n) is 8.95. The highest BCUT2D eigenvalue weighted by molar-refractivity contribution is 7.89. The molecule has 0 radical (unpaired) electrons. The zero-order valence-corrected chi connectivity index (χ0v) is 20.4. The van der Waals surface area contributed by atoms with Gasteiger partial charge in [-0.1, -0.05) is 30.3 Å². The fourth-order valence-corrected chi connectivity index (χ4v) is 4.55. The summed E-state index contributed by atoms with van der Waals surface area (Å²) in [5.74, 6) is -1.53. The van der Waals surface area contributed by atoms with E-state index in [0.29, 0.717) is 0 Å². The van der Waals surface area contributed by atoms with Crippen LogP contribution in [0.1, 0.15) is 36.7 Å². The van der Waals surface area contributed by atoms with Gasteiger partial charge in [-0.25, -0.2) is 22.5 Å². The van der Waals surface area contributed by atoms with E-state index < -0.39 is 39.2 Å². The summed E-state index contributed by atoms with van der Waals surface area (Å²) in [5.41, 5.74) is 0.611. The number of hydrogen-bond donors (Lipinski definition) is 3. The van der Waals surface area contributed by atoms with Crippen molar-refractivity contribution in [1.82, 2.24) is 15.0 Å². The van der Waals surface area contributed by atoms with Gasteiger partial charge in [-0.15, -0.1) is 0 Å². The number of pyridine rings is 1. The molecule has 0 saturated carbocycles. The molecule has 0 fully saturated rings. The lowest BCUT2D eigenvalue weighted by molar-refractivity contribution is -0.118. The lowest BCUT2D eigenvalue weighted by atomic mass is 10.0. The number of rotatable bonds is 8. The molecule has 184 valence electrons. The van der Waals surface area contributed by atoms with Gasteiger partial charge in [-0.3, -0.25) is 9.59 Å². The Kier molecular flexibility index (Phi) is 7.98. The Balaban J connectivity index is 1.77. The minimum atomic E-state index is -3.83. The minimum absolute atomic E-state index is 0.184. The van der Waals surface area contributed by atoms with Gasteiger partial charge < -0.3 is 10.6 Å². The van der Waals surface area contributed by atoms with Crippen molar-refractivity contribution in [3.63, 3.8) is 0 Å². The molecule has 10 heteroatoms. The molecule has 1 heterocycles. The number of halogens is 1. The molecule has 0 aliphatic rings. The first-order chi connectivity index (χ1) is 16.4. The van der Waals surface area contributed by atoms with Crippen LogP contribution in [-0.4, -0.2) is 36.8 Å². The number of carbonyl (C=O) groups is 2. The van der Waals surface area contributed by atoms with E-state index >= 15 is 0 Å². The SMILES string of the molecule is CC(C)(C)NS(=O)(=O)c1ccc(NC(=O)C(Cc2ccccc2)NC(=O)c2ccc(F)cc2)cn1. The summed E-state index contributed by atoms with van der Waals surface area (Å²) in [4.78, 5) is 29.7. The molecule has 0 spiro atoms. The van der Waals surface area contributed by atoms with Crippen LogP contribution < -0.4 is 15.4 Å². The Labute approximate surface area is 204 Å². The third kappa shape index (κ3) is 7.69. The van der Waals surface area contributed by atoms with Crippen LogP contribution in [0.3, 0.4) is 0 Å². The maximum absolute atomic E-state index is 13.2. The Morgan fingerprint density at radius 1 is 0.971 bits per heavy atom. The number of benzene rings is 2. The smallest absolute Gasteiger partial charge is 0.258 e. The predicted octanol–water partition coefficient (Wildman–Crippen LogP) is 3.28. The average Bonchev–Trinajstić information content (AvgIpc) is 2.78.